The molecule has 1 heterocycles. The molecular formula is C14H20BrNO4S. The van der Waals surface area contributed by atoms with Crippen LogP contribution in [0.5, 0.6) is 5.75 Å². The van der Waals surface area contributed by atoms with Crippen molar-refractivity contribution >= 4 is 25.8 Å². The van der Waals surface area contributed by atoms with Crippen molar-refractivity contribution in [1.82, 2.24) is 5.32 Å². The number of halogens is 1. The van der Waals surface area contributed by atoms with Crippen LogP contribution in [-0.4, -0.2) is 50.3 Å². The van der Waals surface area contributed by atoms with Gasteiger partial charge in [-0.25, -0.2) is 8.42 Å². The molecule has 1 aliphatic heterocycles. The molecule has 1 fully saturated rings. The van der Waals surface area contributed by atoms with Crippen LogP contribution in [-0.2, 0) is 9.84 Å². The zero-order valence-corrected chi connectivity index (χ0v) is 14.1. The van der Waals surface area contributed by atoms with Crippen LogP contribution < -0.4 is 10.1 Å². The van der Waals surface area contributed by atoms with Gasteiger partial charge in [0.25, 0.3) is 0 Å². The second-order valence-corrected chi connectivity index (χ2v) is 8.47. The first kappa shape index (κ1) is 16.7. The van der Waals surface area contributed by atoms with E-state index in [-0.39, 0.29) is 24.2 Å². The minimum atomic E-state index is -2.84. The zero-order chi connectivity index (χ0) is 15.3. The third kappa shape index (κ3) is 5.94. The molecule has 0 amide bonds. The molecule has 1 aliphatic rings. The minimum absolute atomic E-state index is 0.163. The van der Waals surface area contributed by atoms with Gasteiger partial charge in [-0.1, -0.05) is 15.9 Å². The van der Waals surface area contributed by atoms with Crippen molar-refractivity contribution in [3.05, 3.63) is 28.7 Å². The van der Waals surface area contributed by atoms with E-state index < -0.39 is 15.9 Å². The molecule has 1 saturated heterocycles. The Labute approximate surface area is 133 Å². The average Bonchev–Trinajstić information content (AvgIpc) is 2.45. The summed E-state index contributed by atoms with van der Waals surface area (Å²) < 4.78 is 29.1. The zero-order valence-electron chi connectivity index (χ0n) is 11.7. The smallest absolute Gasteiger partial charge is 0.150 e. The Morgan fingerprint density at radius 2 is 1.90 bits per heavy atom. The monoisotopic (exact) mass is 377 g/mol. The topological polar surface area (TPSA) is 75.6 Å². The van der Waals surface area contributed by atoms with Gasteiger partial charge in [0.1, 0.15) is 28.3 Å². The van der Waals surface area contributed by atoms with Crippen LogP contribution in [0.3, 0.4) is 0 Å². The van der Waals surface area contributed by atoms with E-state index in [9.17, 15) is 13.5 Å². The summed E-state index contributed by atoms with van der Waals surface area (Å²) in [6.45, 7) is 0.612. The van der Waals surface area contributed by atoms with E-state index in [0.717, 1.165) is 4.47 Å². The highest BCUT2D eigenvalue weighted by Gasteiger charge is 2.23. The fourth-order valence-corrected chi connectivity index (χ4v) is 3.93. The highest BCUT2D eigenvalue weighted by Crippen LogP contribution is 2.16. The van der Waals surface area contributed by atoms with E-state index in [0.29, 0.717) is 25.1 Å². The van der Waals surface area contributed by atoms with Gasteiger partial charge in [-0.15, -0.1) is 0 Å². The Hall–Kier alpha value is -0.630. The number of sulfone groups is 1. The molecule has 5 nitrogen and oxygen atoms in total. The van der Waals surface area contributed by atoms with Crippen molar-refractivity contribution in [3.63, 3.8) is 0 Å². The van der Waals surface area contributed by atoms with Gasteiger partial charge in [0.05, 0.1) is 11.5 Å². The lowest BCUT2D eigenvalue weighted by Crippen LogP contribution is -2.42. The van der Waals surface area contributed by atoms with Crippen molar-refractivity contribution in [2.45, 2.75) is 25.0 Å². The first-order chi connectivity index (χ1) is 9.94. The minimum Gasteiger partial charge on any atom is -0.491 e. The average molecular weight is 378 g/mol. The van der Waals surface area contributed by atoms with Crippen LogP contribution in [0.15, 0.2) is 28.7 Å². The number of hydrogen-bond acceptors (Lipinski definition) is 5. The fraction of sp³-hybridized carbons (Fsp3) is 0.571. The summed E-state index contributed by atoms with van der Waals surface area (Å²) in [5.74, 6) is 1.17. The second kappa shape index (κ2) is 7.58. The fourth-order valence-electron chi connectivity index (χ4n) is 2.18. The molecule has 0 spiro atoms. The van der Waals surface area contributed by atoms with Gasteiger partial charge in [0, 0.05) is 17.1 Å². The normalized spacial score (nSPS) is 20.1. The molecule has 118 valence electrons. The molecule has 0 aromatic heterocycles. The van der Waals surface area contributed by atoms with Gasteiger partial charge in [-0.2, -0.15) is 0 Å². The van der Waals surface area contributed by atoms with Crippen LogP contribution in [0.25, 0.3) is 0 Å². The number of rotatable bonds is 6. The standard InChI is InChI=1S/C14H20BrNO4S/c15-11-1-3-14(4-2-11)20-10-13(17)9-16-12-5-7-21(18,19)8-6-12/h1-4,12-13,16-17H,5-10H2. The van der Waals surface area contributed by atoms with E-state index in [1.54, 1.807) is 0 Å². The van der Waals surface area contributed by atoms with Crippen LogP contribution >= 0.6 is 15.9 Å². The molecule has 0 radical (unpaired) electrons. The summed E-state index contributed by atoms with van der Waals surface area (Å²) in [6.07, 6.45) is 0.609. The summed E-state index contributed by atoms with van der Waals surface area (Å²) >= 11 is 3.34. The van der Waals surface area contributed by atoms with Crippen molar-refractivity contribution in [2.75, 3.05) is 24.7 Å². The van der Waals surface area contributed by atoms with Crippen LogP contribution in [0.2, 0.25) is 0 Å². The van der Waals surface area contributed by atoms with E-state index in [1.807, 2.05) is 24.3 Å². The lowest BCUT2D eigenvalue weighted by atomic mass is 10.1. The van der Waals surface area contributed by atoms with Gasteiger partial charge >= 0.3 is 0 Å². The predicted octanol–water partition coefficient (Wildman–Crippen LogP) is 1.36. The number of benzene rings is 1. The Kier molecular flexibility index (Phi) is 6.04. The van der Waals surface area contributed by atoms with Crippen LogP contribution in [0, 0.1) is 0 Å². The maximum atomic E-state index is 11.3. The number of hydrogen-bond donors (Lipinski definition) is 2. The van der Waals surface area contributed by atoms with Gasteiger partial charge in [-0.05, 0) is 37.1 Å². The molecule has 2 rings (SSSR count). The van der Waals surface area contributed by atoms with Crippen molar-refractivity contribution in [2.24, 2.45) is 0 Å². The molecule has 0 aliphatic carbocycles. The Balaban J connectivity index is 1.66. The highest BCUT2D eigenvalue weighted by atomic mass is 79.9. The molecule has 1 aromatic carbocycles. The summed E-state index contributed by atoms with van der Waals surface area (Å²) in [6, 6.07) is 7.58. The molecule has 2 N–H and O–H groups in total. The third-order valence-electron chi connectivity index (χ3n) is 3.45. The maximum Gasteiger partial charge on any atom is 0.150 e. The Morgan fingerprint density at radius 1 is 1.29 bits per heavy atom. The number of nitrogens with one attached hydrogen (secondary N) is 1. The SMILES string of the molecule is O=S1(=O)CCC(NCC(O)COc2ccc(Br)cc2)CC1. The number of aliphatic hydroxyl groups is 1. The third-order valence-corrected chi connectivity index (χ3v) is 5.70. The summed E-state index contributed by atoms with van der Waals surface area (Å²) in [4.78, 5) is 0. The first-order valence-corrected chi connectivity index (χ1v) is 9.56. The van der Waals surface area contributed by atoms with E-state index in [2.05, 4.69) is 21.2 Å². The Morgan fingerprint density at radius 3 is 2.52 bits per heavy atom. The lowest BCUT2D eigenvalue weighted by Gasteiger charge is -2.24. The van der Waals surface area contributed by atoms with Crippen molar-refractivity contribution in [3.8, 4) is 5.75 Å². The molecule has 21 heavy (non-hydrogen) atoms. The lowest BCUT2D eigenvalue weighted by molar-refractivity contribution is 0.103. The van der Waals surface area contributed by atoms with E-state index >= 15 is 0 Å². The second-order valence-electron chi connectivity index (χ2n) is 5.25. The van der Waals surface area contributed by atoms with E-state index in [1.165, 1.54) is 0 Å². The maximum absolute atomic E-state index is 11.3. The van der Waals surface area contributed by atoms with Gasteiger partial charge in [-0.3, -0.25) is 0 Å². The molecule has 1 aromatic rings. The highest BCUT2D eigenvalue weighted by molar-refractivity contribution is 9.10. The number of aliphatic hydroxyl groups excluding tert-OH is 1. The Bertz CT molecular complexity index is 533. The van der Waals surface area contributed by atoms with Crippen molar-refractivity contribution < 1.29 is 18.3 Å². The van der Waals surface area contributed by atoms with Gasteiger partial charge < -0.3 is 15.2 Å². The van der Waals surface area contributed by atoms with Crippen LogP contribution in [0.4, 0.5) is 0 Å². The van der Waals surface area contributed by atoms with Crippen LogP contribution in [0.1, 0.15) is 12.8 Å². The van der Waals surface area contributed by atoms with Gasteiger partial charge in [0.15, 0.2) is 0 Å². The van der Waals surface area contributed by atoms with Crippen molar-refractivity contribution in [1.29, 1.82) is 0 Å². The molecule has 0 bridgehead atoms. The quantitative estimate of drug-likeness (QED) is 0.782. The van der Waals surface area contributed by atoms with Gasteiger partial charge in [0.2, 0.25) is 0 Å². The predicted molar refractivity (Wildman–Crippen MR) is 85.3 cm³/mol. The summed E-state index contributed by atoms with van der Waals surface area (Å²) in [5.41, 5.74) is 0. The summed E-state index contributed by atoms with van der Waals surface area (Å²) in [5, 5.41) is 13.1. The number of ether oxygens (including phenoxy) is 1. The molecular weight excluding hydrogens is 358 g/mol. The molecule has 0 saturated carbocycles. The molecule has 7 heteroatoms. The first-order valence-electron chi connectivity index (χ1n) is 6.95. The largest absolute Gasteiger partial charge is 0.491 e. The molecule has 1 atom stereocenters. The summed E-state index contributed by atoms with van der Waals surface area (Å²) in [7, 11) is -2.84. The molecule has 1 unspecified atom stereocenters. The van der Waals surface area contributed by atoms with E-state index in [4.69, 9.17) is 4.74 Å².